The van der Waals surface area contributed by atoms with Crippen LogP contribution in [0.15, 0.2) is 24.3 Å². The minimum atomic E-state index is -0.0460. The van der Waals surface area contributed by atoms with Crippen molar-refractivity contribution in [3.05, 3.63) is 24.3 Å². The van der Waals surface area contributed by atoms with E-state index in [9.17, 15) is 9.59 Å². The molecule has 1 saturated carbocycles. The van der Waals surface area contributed by atoms with Crippen molar-refractivity contribution in [3.63, 3.8) is 0 Å². The Kier molecular flexibility index (Phi) is 6.10. The molecule has 0 spiro atoms. The third kappa shape index (κ3) is 5.03. The van der Waals surface area contributed by atoms with Gasteiger partial charge in [0.15, 0.2) is 5.11 Å². The summed E-state index contributed by atoms with van der Waals surface area (Å²) in [4.78, 5) is 25.1. The molecule has 0 aromatic heterocycles. The maximum absolute atomic E-state index is 12.2. The zero-order chi connectivity index (χ0) is 16.8. The molecule has 1 aliphatic rings. The fourth-order valence-electron chi connectivity index (χ4n) is 2.72. The third-order valence-corrected chi connectivity index (χ3v) is 4.38. The number of carbonyl (C=O) groups is 2. The van der Waals surface area contributed by atoms with E-state index in [-0.39, 0.29) is 17.7 Å². The lowest BCUT2D eigenvalue weighted by molar-refractivity contribution is -0.124. The average molecular weight is 333 g/mol. The van der Waals surface area contributed by atoms with Gasteiger partial charge in [0.1, 0.15) is 0 Å². The predicted octanol–water partition coefficient (Wildman–Crippen LogP) is 3.06. The van der Waals surface area contributed by atoms with Gasteiger partial charge in [0.25, 0.3) is 0 Å². The number of thiocarbonyl (C=S) groups is 1. The highest BCUT2D eigenvalue weighted by Crippen LogP contribution is 2.23. The van der Waals surface area contributed by atoms with Crippen LogP contribution >= 0.6 is 12.2 Å². The van der Waals surface area contributed by atoms with Crippen LogP contribution in [0.3, 0.4) is 0 Å². The van der Waals surface area contributed by atoms with E-state index < -0.39 is 0 Å². The van der Waals surface area contributed by atoms with Gasteiger partial charge < -0.3 is 15.5 Å². The van der Waals surface area contributed by atoms with Crippen LogP contribution in [0, 0.1) is 5.92 Å². The van der Waals surface area contributed by atoms with E-state index in [4.69, 9.17) is 12.2 Å². The number of amides is 2. The van der Waals surface area contributed by atoms with E-state index in [0.29, 0.717) is 5.11 Å². The van der Waals surface area contributed by atoms with Crippen LogP contribution in [0.25, 0.3) is 0 Å². The van der Waals surface area contributed by atoms with E-state index in [1.54, 1.807) is 11.9 Å². The Labute approximate surface area is 142 Å². The predicted molar refractivity (Wildman–Crippen MR) is 96.5 cm³/mol. The summed E-state index contributed by atoms with van der Waals surface area (Å²) < 4.78 is 0. The molecular formula is C17H23N3O2S. The number of rotatable bonds is 3. The fraction of sp³-hybridized carbons (Fsp3) is 0.471. The number of carbonyl (C=O) groups excluding carboxylic acids is 2. The molecule has 0 saturated heterocycles. The van der Waals surface area contributed by atoms with E-state index in [1.165, 1.54) is 13.3 Å². The van der Waals surface area contributed by atoms with Crippen LogP contribution in [0.2, 0.25) is 0 Å². The number of nitrogens with zero attached hydrogens (tertiary/aromatic N) is 1. The quantitative estimate of drug-likeness (QED) is 0.835. The maximum atomic E-state index is 12.2. The molecule has 5 nitrogen and oxygen atoms in total. The van der Waals surface area contributed by atoms with Gasteiger partial charge in [-0.3, -0.25) is 9.59 Å². The highest BCUT2D eigenvalue weighted by atomic mass is 32.1. The van der Waals surface area contributed by atoms with Gasteiger partial charge in [0.05, 0.1) is 0 Å². The van der Waals surface area contributed by atoms with Crippen molar-refractivity contribution in [2.75, 3.05) is 17.3 Å². The molecule has 2 amide bonds. The number of nitrogens with one attached hydrogen (secondary N) is 2. The first-order valence-electron chi connectivity index (χ1n) is 7.93. The first-order chi connectivity index (χ1) is 11.0. The number of hydrogen-bond acceptors (Lipinski definition) is 3. The zero-order valence-corrected chi connectivity index (χ0v) is 14.4. The Hall–Kier alpha value is -1.95. The summed E-state index contributed by atoms with van der Waals surface area (Å²) >= 11 is 5.22. The summed E-state index contributed by atoms with van der Waals surface area (Å²) in [5.74, 6) is 0.0215. The van der Waals surface area contributed by atoms with Crippen molar-refractivity contribution in [1.82, 2.24) is 5.32 Å². The Morgan fingerprint density at radius 2 is 1.91 bits per heavy atom. The second-order valence-electron chi connectivity index (χ2n) is 5.91. The molecule has 0 radical (unpaired) electrons. The summed E-state index contributed by atoms with van der Waals surface area (Å²) in [6.07, 6.45) is 5.30. The van der Waals surface area contributed by atoms with Crippen LogP contribution in [-0.4, -0.2) is 24.0 Å². The standard InChI is InChI=1S/C17H23N3O2S/c1-12(21)20(2)15-10-6-9-14(11-15)18-17(23)19-16(22)13-7-4-3-5-8-13/h6,9-11,13H,3-5,7-8H2,1-2H3,(H2,18,19,22,23). The topological polar surface area (TPSA) is 61.4 Å². The van der Waals surface area contributed by atoms with Gasteiger partial charge in [-0.2, -0.15) is 0 Å². The smallest absolute Gasteiger partial charge is 0.229 e. The molecule has 1 aromatic rings. The van der Waals surface area contributed by atoms with Crippen LogP contribution in [-0.2, 0) is 9.59 Å². The van der Waals surface area contributed by atoms with Crippen LogP contribution in [0.1, 0.15) is 39.0 Å². The summed E-state index contributed by atoms with van der Waals surface area (Å²) in [6.45, 7) is 1.51. The van der Waals surface area contributed by atoms with Crippen LogP contribution in [0.5, 0.6) is 0 Å². The Bertz CT molecular complexity index is 597. The highest BCUT2D eigenvalue weighted by molar-refractivity contribution is 7.80. The molecule has 124 valence electrons. The van der Waals surface area contributed by atoms with Gasteiger partial charge in [-0.05, 0) is 43.3 Å². The summed E-state index contributed by atoms with van der Waals surface area (Å²) in [5.41, 5.74) is 1.51. The molecule has 2 N–H and O–H groups in total. The molecule has 0 unspecified atom stereocenters. The Balaban J connectivity index is 1.93. The maximum Gasteiger partial charge on any atom is 0.229 e. The molecule has 2 rings (SSSR count). The minimum absolute atomic E-state index is 0.000733. The van der Waals surface area contributed by atoms with Crippen LogP contribution < -0.4 is 15.5 Å². The van der Waals surface area contributed by atoms with Gasteiger partial charge in [-0.1, -0.05) is 25.3 Å². The van der Waals surface area contributed by atoms with E-state index in [2.05, 4.69) is 10.6 Å². The SMILES string of the molecule is CC(=O)N(C)c1cccc(NC(=S)NC(=O)C2CCCCC2)c1. The lowest BCUT2D eigenvalue weighted by atomic mass is 9.89. The molecule has 1 fully saturated rings. The van der Waals surface area contributed by atoms with Gasteiger partial charge >= 0.3 is 0 Å². The van der Waals surface area contributed by atoms with Crippen LogP contribution in [0.4, 0.5) is 11.4 Å². The minimum Gasteiger partial charge on any atom is -0.332 e. The molecule has 0 atom stereocenters. The van der Waals surface area contributed by atoms with E-state index >= 15 is 0 Å². The first kappa shape index (κ1) is 17.4. The average Bonchev–Trinajstić information content (AvgIpc) is 2.55. The first-order valence-corrected chi connectivity index (χ1v) is 8.34. The summed E-state index contributed by atoms with van der Waals surface area (Å²) in [7, 11) is 1.71. The van der Waals surface area contributed by atoms with Crippen molar-refractivity contribution in [2.24, 2.45) is 5.92 Å². The lowest BCUT2D eigenvalue weighted by Crippen LogP contribution is -2.39. The molecule has 0 bridgehead atoms. The fourth-order valence-corrected chi connectivity index (χ4v) is 2.93. The third-order valence-electron chi connectivity index (χ3n) is 4.18. The van der Waals surface area contributed by atoms with E-state index in [0.717, 1.165) is 37.1 Å². The van der Waals surface area contributed by atoms with Crippen molar-refractivity contribution in [2.45, 2.75) is 39.0 Å². The Morgan fingerprint density at radius 1 is 1.22 bits per heavy atom. The van der Waals surface area contributed by atoms with Gasteiger partial charge in [0.2, 0.25) is 11.8 Å². The monoisotopic (exact) mass is 333 g/mol. The molecule has 23 heavy (non-hydrogen) atoms. The second kappa shape index (κ2) is 8.06. The van der Waals surface area contributed by atoms with Gasteiger partial charge in [-0.15, -0.1) is 0 Å². The second-order valence-corrected chi connectivity index (χ2v) is 6.31. The molecule has 6 heteroatoms. The number of benzene rings is 1. The largest absolute Gasteiger partial charge is 0.332 e. The molecular weight excluding hydrogens is 310 g/mol. The van der Waals surface area contributed by atoms with Crippen molar-refractivity contribution in [1.29, 1.82) is 0 Å². The van der Waals surface area contributed by atoms with E-state index in [1.807, 2.05) is 24.3 Å². The summed E-state index contributed by atoms with van der Waals surface area (Å²) in [6, 6.07) is 7.34. The molecule has 0 heterocycles. The highest BCUT2D eigenvalue weighted by Gasteiger charge is 2.21. The zero-order valence-electron chi connectivity index (χ0n) is 13.6. The number of hydrogen-bond donors (Lipinski definition) is 2. The molecule has 1 aromatic carbocycles. The van der Waals surface area contributed by atoms with Crippen molar-refractivity contribution >= 4 is 40.5 Å². The lowest BCUT2D eigenvalue weighted by Gasteiger charge is -2.21. The molecule has 1 aliphatic carbocycles. The normalized spacial score (nSPS) is 14.9. The van der Waals surface area contributed by atoms with Crippen molar-refractivity contribution < 1.29 is 9.59 Å². The summed E-state index contributed by atoms with van der Waals surface area (Å²) in [5, 5.41) is 6.07. The molecule has 0 aliphatic heterocycles. The number of anilines is 2. The Morgan fingerprint density at radius 3 is 2.57 bits per heavy atom. The van der Waals surface area contributed by atoms with Crippen molar-refractivity contribution in [3.8, 4) is 0 Å². The van der Waals surface area contributed by atoms with Gasteiger partial charge in [-0.25, -0.2) is 0 Å². The van der Waals surface area contributed by atoms with Gasteiger partial charge in [0, 0.05) is 31.3 Å².